The highest BCUT2D eigenvalue weighted by atomic mass is 19.1. The molecule has 0 radical (unpaired) electrons. The quantitative estimate of drug-likeness (QED) is 0.683. The molecule has 3 N–H and O–H groups in total. The molecule has 1 aromatic rings. The average Bonchev–Trinajstić information content (AvgIpc) is 2.34. The summed E-state index contributed by atoms with van der Waals surface area (Å²) in [5.41, 5.74) is -0.150. The van der Waals surface area contributed by atoms with Crippen LogP contribution in [0.1, 0.15) is 23.3 Å². The maximum Gasteiger partial charge on any atom is 0.326 e. The Balaban J connectivity index is 2.68. The van der Waals surface area contributed by atoms with E-state index in [1.54, 1.807) is 0 Å². The molecule has 102 valence electrons. The minimum Gasteiger partial charge on any atom is -0.481 e. The van der Waals surface area contributed by atoms with E-state index in [1.165, 1.54) is 0 Å². The molecule has 1 atom stereocenters. The number of carboxylic acid groups (broad SMARTS) is 2. The van der Waals surface area contributed by atoms with Crippen LogP contribution in [-0.2, 0) is 9.59 Å². The number of pyridine rings is 1. The monoisotopic (exact) mass is 270 g/mol. The molecule has 19 heavy (non-hydrogen) atoms. The Kier molecular flexibility index (Phi) is 4.92. The van der Waals surface area contributed by atoms with Crippen LogP contribution in [0, 0.1) is 5.82 Å². The SMILES string of the molecule is O=C(O)CC[C@H](NC(=O)c1ccc(F)cn1)C(=O)O. The number of carbonyl (C=O) groups is 3. The number of aliphatic carboxylic acids is 2. The lowest BCUT2D eigenvalue weighted by Gasteiger charge is -2.12. The smallest absolute Gasteiger partial charge is 0.326 e. The van der Waals surface area contributed by atoms with E-state index in [0.29, 0.717) is 0 Å². The Morgan fingerprint density at radius 3 is 2.47 bits per heavy atom. The van der Waals surface area contributed by atoms with E-state index >= 15 is 0 Å². The first-order valence-corrected chi connectivity index (χ1v) is 5.27. The molecule has 1 rings (SSSR count). The third-order valence-electron chi connectivity index (χ3n) is 2.21. The molecule has 1 aromatic heterocycles. The zero-order valence-electron chi connectivity index (χ0n) is 9.67. The van der Waals surface area contributed by atoms with Crippen LogP contribution in [0.3, 0.4) is 0 Å². The molecule has 7 nitrogen and oxygen atoms in total. The van der Waals surface area contributed by atoms with Gasteiger partial charge in [0.25, 0.3) is 5.91 Å². The lowest BCUT2D eigenvalue weighted by molar-refractivity contribution is -0.140. The van der Waals surface area contributed by atoms with E-state index in [1.807, 2.05) is 0 Å². The number of amides is 1. The fraction of sp³-hybridized carbons (Fsp3) is 0.273. The van der Waals surface area contributed by atoms with E-state index in [4.69, 9.17) is 10.2 Å². The lowest BCUT2D eigenvalue weighted by Crippen LogP contribution is -2.41. The summed E-state index contributed by atoms with van der Waals surface area (Å²) in [6, 6.07) is 0.769. The topological polar surface area (TPSA) is 117 Å². The van der Waals surface area contributed by atoms with Gasteiger partial charge in [-0.2, -0.15) is 0 Å². The van der Waals surface area contributed by atoms with E-state index in [2.05, 4.69) is 10.3 Å². The summed E-state index contributed by atoms with van der Waals surface area (Å²) in [7, 11) is 0. The second-order valence-electron chi connectivity index (χ2n) is 3.66. The standard InChI is InChI=1S/C11H11FN2O5/c12-6-1-2-7(13-5-6)10(17)14-8(11(18)19)3-4-9(15)16/h1-2,5,8H,3-4H2,(H,14,17)(H,15,16)(H,18,19)/t8-/m0/s1. The number of carboxylic acids is 2. The van der Waals surface area contributed by atoms with Crippen molar-refractivity contribution in [3.8, 4) is 0 Å². The summed E-state index contributed by atoms with van der Waals surface area (Å²) >= 11 is 0. The number of hydrogen-bond donors (Lipinski definition) is 3. The van der Waals surface area contributed by atoms with Crippen LogP contribution < -0.4 is 5.32 Å². The van der Waals surface area contributed by atoms with Gasteiger partial charge < -0.3 is 15.5 Å². The van der Waals surface area contributed by atoms with Crippen LogP contribution in [-0.4, -0.2) is 39.1 Å². The van der Waals surface area contributed by atoms with Gasteiger partial charge in [0.15, 0.2) is 0 Å². The molecule has 0 aliphatic heterocycles. The van der Waals surface area contributed by atoms with Crippen molar-refractivity contribution in [2.24, 2.45) is 0 Å². The number of aromatic nitrogens is 1. The summed E-state index contributed by atoms with van der Waals surface area (Å²) < 4.78 is 12.6. The fourth-order valence-electron chi connectivity index (χ4n) is 1.27. The molecule has 0 unspecified atom stereocenters. The maximum absolute atomic E-state index is 12.6. The van der Waals surface area contributed by atoms with Gasteiger partial charge in [0.2, 0.25) is 0 Å². The molecule has 0 spiro atoms. The van der Waals surface area contributed by atoms with Crippen molar-refractivity contribution in [1.29, 1.82) is 0 Å². The summed E-state index contributed by atoms with van der Waals surface area (Å²) in [5, 5.41) is 19.4. The normalized spacial score (nSPS) is 11.6. The molecule has 0 fully saturated rings. The molecule has 0 aromatic carbocycles. The van der Waals surface area contributed by atoms with Crippen LogP contribution in [0.5, 0.6) is 0 Å². The van der Waals surface area contributed by atoms with E-state index < -0.39 is 36.1 Å². The van der Waals surface area contributed by atoms with Gasteiger partial charge in [-0.25, -0.2) is 14.2 Å². The Morgan fingerprint density at radius 1 is 1.32 bits per heavy atom. The number of hydrogen-bond acceptors (Lipinski definition) is 4. The minimum absolute atomic E-state index is 0.150. The Hall–Kier alpha value is -2.51. The third kappa shape index (κ3) is 4.70. The summed E-state index contributed by atoms with van der Waals surface area (Å²) in [6.45, 7) is 0. The first-order chi connectivity index (χ1) is 8.90. The lowest BCUT2D eigenvalue weighted by atomic mass is 10.1. The van der Waals surface area contributed by atoms with Gasteiger partial charge in [-0.05, 0) is 18.6 Å². The molecular weight excluding hydrogens is 259 g/mol. The van der Waals surface area contributed by atoms with Crippen LogP contribution in [0.4, 0.5) is 4.39 Å². The van der Waals surface area contributed by atoms with Crippen LogP contribution in [0.25, 0.3) is 0 Å². The third-order valence-corrected chi connectivity index (χ3v) is 2.21. The molecule has 0 bridgehead atoms. The van der Waals surface area contributed by atoms with Crippen molar-refractivity contribution in [3.63, 3.8) is 0 Å². The van der Waals surface area contributed by atoms with E-state index in [0.717, 1.165) is 18.3 Å². The van der Waals surface area contributed by atoms with Gasteiger partial charge in [-0.15, -0.1) is 0 Å². The Morgan fingerprint density at radius 2 is 2.00 bits per heavy atom. The van der Waals surface area contributed by atoms with Crippen molar-refractivity contribution in [1.82, 2.24) is 10.3 Å². The molecule has 1 amide bonds. The Bertz CT molecular complexity index is 488. The van der Waals surface area contributed by atoms with Crippen LogP contribution in [0.2, 0.25) is 0 Å². The second-order valence-corrected chi connectivity index (χ2v) is 3.66. The molecule has 0 aliphatic rings. The molecule has 1 heterocycles. The zero-order valence-corrected chi connectivity index (χ0v) is 9.67. The van der Waals surface area contributed by atoms with Gasteiger partial charge >= 0.3 is 11.9 Å². The number of nitrogens with zero attached hydrogens (tertiary/aromatic N) is 1. The van der Waals surface area contributed by atoms with Crippen molar-refractivity contribution in [2.75, 3.05) is 0 Å². The first kappa shape index (κ1) is 14.6. The van der Waals surface area contributed by atoms with Crippen LogP contribution >= 0.6 is 0 Å². The van der Waals surface area contributed by atoms with E-state index in [-0.39, 0.29) is 12.1 Å². The highest BCUT2D eigenvalue weighted by molar-refractivity contribution is 5.94. The molecule has 0 saturated carbocycles. The van der Waals surface area contributed by atoms with Crippen molar-refractivity contribution in [2.45, 2.75) is 18.9 Å². The van der Waals surface area contributed by atoms with Gasteiger partial charge in [0.1, 0.15) is 17.6 Å². The highest BCUT2D eigenvalue weighted by Crippen LogP contribution is 2.02. The van der Waals surface area contributed by atoms with Gasteiger partial charge in [0.05, 0.1) is 6.20 Å². The minimum atomic E-state index is -1.35. The second kappa shape index (κ2) is 6.43. The molecule has 0 aliphatic carbocycles. The van der Waals surface area contributed by atoms with Gasteiger partial charge in [0, 0.05) is 6.42 Å². The summed E-state index contributed by atoms with van der Waals surface area (Å²) in [5.74, 6) is -3.95. The van der Waals surface area contributed by atoms with Gasteiger partial charge in [-0.1, -0.05) is 0 Å². The largest absolute Gasteiger partial charge is 0.481 e. The average molecular weight is 270 g/mol. The first-order valence-electron chi connectivity index (χ1n) is 5.27. The predicted molar refractivity (Wildman–Crippen MR) is 60.0 cm³/mol. The number of rotatable bonds is 6. The molecule has 0 saturated heterocycles. The predicted octanol–water partition coefficient (Wildman–Crippen LogP) is 0.268. The highest BCUT2D eigenvalue weighted by Gasteiger charge is 2.22. The summed E-state index contributed by atoms with van der Waals surface area (Å²) in [4.78, 5) is 36.3. The van der Waals surface area contributed by atoms with E-state index in [9.17, 15) is 18.8 Å². The zero-order chi connectivity index (χ0) is 14.4. The number of carbonyl (C=O) groups excluding carboxylic acids is 1. The Labute approximate surface area is 107 Å². The molecule has 8 heteroatoms. The van der Waals surface area contributed by atoms with Crippen LogP contribution in [0.15, 0.2) is 18.3 Å². The summed E-state index contributed by atoms with van der Waals surface area (Å²) in [6.07, 6.45) is 0.174. The van der Waals surface area contributed by atoms with Crippen molar-refractivity contribution in [3.05, 3.63) is 29.8 Å². The molecular formula is C11H11FN2O5. The number of nitrogens with one attached hydrogen (secondary N) is 1. The van der Waals surface area contributed by atoms with Gasteiger partial charge in [-0.3, -0.25) is 9.59 Å². The van der Waals surface area contributed by atoms with Crippen molar-refractivity contribution < 1.29 is 29.0 Å². The fourth-order valence-corrected chi connectivity index (χ4v) is 1.27. The number of halogens is 1. The maximum atomic E-state index is 12.6. The van der Waals surface area contributed by atoms with Crippen molar-refractivity contribution >= 4 is 17.8 Å².